The Morgan fingerprint density at radius 1 is 1.19 bits per heavy atom. The lowest BCUT2D eigenvalue weighted by Crippen LogP contribution is -2.49. The van der Waals surface area contributed by atoms with Gasteiger partial charge in [-0.1, -0.05) is 42.5 Å². The first-order valence-corrected chi connectivity index (χ1v) is 15.5. The number of aliphatic hydroxyl groups is 2. The van der Waals surface area contributed by atoms with E-state index in [0.717, 1.165) is 42.8 Å². The molecule has 7 nitrogen and oxygen atoms in total. The Morgan fingerprint density at radius 2 is 2.02 bits per heavy atom. The van der Waals surface area contributed by atoms with Gasteiger partial charge >= 0.3 is 5.97 Å². The number of aryl methyl sites for hydroxylation is 1. The van der Waals surface area contributed by atoms with E-state index in [9.17, 15) is 20.1 Å². The van der Waals surface area contributed by atoms with Gasteiger partial charge in [-0.05, 0) is 91.3 Å². The van der Waals surface area contributed by atoms with Crippen LogP contribution in [-0.2, 0) is 22.2 Å². The highest BCUT2D eigenvalue weighted by molar-refractivity contribution is 6.30. The van der Waals surface area contributed by atoms with Crippen LogP contribution in [0.3, 0.4) is 0 Å². The van der Waals surface area contributed by atoms with Crippen LogP contribution in [0.25, 0.3) is 0 Å². The van der Waals surface area contributed by atoms with Crippen molar-refractivity contribution in [2.24, 2.45) is 11.8 Å². The second-order valence-corrected chi connectivity index (χ2v) is 13.3. The van der Waals surface area contributed by atoms with Crippen LogP contribution in [0, 0.1) is 11.8 Å². The topological polar surface area (TPSA) is 93.5 Å². The number of carboxylic acid groups (broad SMARTS) is 1. The Labute approximate surface area is 253 Å². The number of fused-ring (bicyclic) bond motifs is 4. The normalized spacial score (nSPS) is 32.2. The van der Waals surface area contributed by atoms with Crippen LogP contribution in [-0.4, -0.2) is 65.6 Å². The zero-order valence-electron chi connectivity index (χ0n) is 24.3. The van der Waals surface area contributed by atoms with Gasteiger partial charge in [0, 0.05) is 49.2 Å². The van der Waals surface area contributed by atoms with Crippen LogP contribution in [0.5, 0.6) is 5.75 Å². The minimum Gasteiger partial charge on any atom is -0.490 e. The average molecular weight is 593 g/mol. The van der Waals surface area contributed by atoms with Gasteiger partial charge in [-0.2, -0.15) is 0 Å². The molecule has 8 heteroatoms. The molecule has 2 aliphatic carbocycles. The highest BCUT2D eigenvalue weighted by atomic mass is 35.5. The minimum atomic E-state index is -2.15. The Hall–Kier alpha value is -3.00. The fraction of sp³-hybridized carbons (Fsp3) is 0.500. The van der Waals surface area contributed by atoms with Gasteiger partial charge in [-0.15, -0.1) is 0 Å². The van der Waals surface area contributed by atoms with Crippen LogP contribution in [0.15, 0.2) is 60.8 Å². The van der Waals surface area contributed by atoms with Crippen molar-refractivity contribution in [3.63, 3.8) is 0 Å². The van der Waals surface area contributed by atoms with Gasteiger partial charge in [0.15, 0.2) is 5.60 Å². The third-order valence-corrected chi connectivity index (χ3v) is 10.4. The van der Waals surface area contributed by atoms with E-state index < -0.39 is 17.7 Å². The molecular formula is C34H41ClN2O5. The number of hydrogen-bond donors (Lipinski definition) is 3. The number of halogens is 1. The Kier molecular flexibility index (Phi) is 7.79. The van der Waals surface area contributed by atoms with Gasteiger partial charge in [0.25, 0.3) is 0 Å². The zero-order valence-corrected chi connectivity index (χ0v) is 25.0. The number of aliphatic hydroxyl groups excluding tert-OH is 1. The van der Waals surface area contributed by atoms with E-state index in [2.05, 4.69) is 23.6 Å². The zero-order chi connectivity index (χ0) is 29.6. The number of aliphatic carboxylic acids is 1. The monoisotopic (exact) mass is 592 g/mol. The van der Waals surface area contributed by atoms with Gasteiger partial charge in [-0.25, -0.2) is 4.79 Å². The Bertz CT molecular complexity index is 1410. The predicted octanol–water partition coefficient (Wildman–Crippen LogP) is 5.27. The third kappa shape index (κ3) is 5.20. The number of ether oxygens (including phenoxy) is 1. The molecule has 1 spiro atoms. The molecule has 6 rings (SSSR count). The molecule has 0 aromatic heterocycles. The highest BCUT2D eigenvalue weighted by Crippen LogP contribution is 2.47. The maximum absolute atomic E-state index is 12.6. The van der Waals surface area contributed by atoms with Gasteiger partial charge in [-0.3, -0.25) is 0 Å². The molecule has 4 aliphatic rings. The molecule has 1 fully saturated rings. The van der Waals surface area contributed by atoms with Crippen LogP contribution in [0.2, 0.25) is 5.02 Å². The SMILES string of the molecule is C=C1C[C@@](O)(C(=O)O)c2ccc3c(c2)N(C[C@@H]2CC[C@H]2[C@H](O)/C=C/CCN1C)C[C@@]1(CCCc2cc(Cl)ccc21)CO3. The first kappa shape index (κ1) is 29.1. The van der Waals surface area contributed by atoms with Gasteiger partial charge in [0.1, 0.15) is 5.75 Å². The van der Waals surface area contributed by atoms with Crippen molar-refractivity contribution >= 4 is 23.3 Å². The van der Waals surface area contributed by atoms with E-state index in [1.54, 1.807) is 12.1 Å². The van der Waals surface area contributed by atoms with Crippen molar-refractivity contribution in [2.45, 2.75) is 62.1 Å². The standard InChI is InChI=1S/C34H41ClN2O5/c1-22-18-34(41,32(39)40)25-9-13-31-29(17-25)37(19-24-8-11-27(24)30(38)7-3-4-15-36(22)2)20-33(21-42-31)14-5-6-23-16-26(35)10-12-28(23)33/h3,7,9-10,12-13,16-17,24,27,30,38,41H,1,4-6,8,11,14-15,18-21H2,2H3,(H,39,40)/b7-3+/t24-,27+,30+,33-,34-/m0/s1. The molecule has 2 aromatic rings. The summed E-state index contributed by atoms with van der Waals surface area (Å²) in [4.78, 5) is 16.8. The molecule has 1 saturated carbocycles. The summed E-state index contributed by atoms with van der Waals surface area (Å²) in [6.45, 7) is 6.60. The molecule has 0 amide bonds. The number of hydrogen-bond acceptors (Lipinski definition) is 6. The molecule has 42 heavy (non-hydrogen) atoms. The van der Waals surface area contributed by atoms with E-state index >= 15 is 0 Å². The summed E-state index contributed by atoms with van der Waals surface area (Å²) in [5.41, 5.74) is 1.71. The highest BCUT2D eigenvalue weighted by Gasteiger charge is 2.45. The summed E-state index contributed by atoms with van der Waals surface area (Å²) in [5, 5.41) is 33.8. The van der Waals surface area contributed by atoms with Crippen molar-refractivity contribution < 1.29 is 24.9 Å². The number of anilines is 1. The van der Waals surface area contributed by atoms with Crippen molar-refractivity contribution in [3.05, 3.63) is 82.5 Å². The van der Waals surface area contributed by atoms with E-state index in [-0.39, 0.29) is 23.7 Å². The quantitative estimate of drug-likeness (QED) is 0.389. The number of rotatable bonds is 1. The van der Waals surface area contributed by atoms with Gasteiger partial charge < -0.3 is 29.9 Å². The number of benzene rings is 2. The smallest absolute Gasteiger partial charge is 0.340 e. The van der Waals surface area contributed by atoms with Crippen LogP contribution < -0.4 is 9.64 Å². The number of carbonyl (C=O) groups is 1. The maximum Gasteiger partial charge on any atom is 0.340 e. The molecule has 224 valence electrons. The Balaban J connectivity index is 1.46. The van der Waals surface area contributed by atoms with Crippen molar-refractivity contribution in [1.29, 1.82) is 0 Å². The second-order valence-electron chi connectivity index (χ2n) is 12.8. The van der Waals surface area contributed by atoms with Gasteiger partial charge in [0.2, 0.25) is 0 Å². The first-order valence-electron chi connectivity index (χ1n) is 15.1. The molecule has 0 saturated heterocycles. The summed E-state index contributed by atoms with van der Waals surface area (Å²) in [6.07, 6.45) is 8.88. The summed E-state index contributed by atoms with van der Waals surface area (Å²) < 4.78 is 6.57. The van der Waals surface area contributed by atoms with Crippen LogP contribution in [0.4, 0.5) is 5.69 Å². The summed E-state index contributed by atoms with van der Waals surface area (Å²) >= 11 is 6.40. The largest absolute Gasteiger partial charge is 0.490 e. The van der Waals surface area contributed by atoms with Crippen molar-refractivity contribution in [3.8, 4) is 5.75 Å². The average Bonchev–Trinajstić information content (AvgIpc) is 3.09. The molecule has 0 unspecified atom stereocenters. The predicted molar refractivity (Wildman–Crippen MR) is 164 cm³/mol. The number of carboxylic acids is 1. The molecular weight excluding hydrogens is 552 g/mol. The first-order chi connectivity index (χ1) is 20.1. The fourth-order valence-electron chi connectivity index (χ4n) is 7.46. The molecule has 3 N–H and O–H groups in total. The summed E-state index contributed by atoms with van der Waals surface area (Å²) in [5.74, 6) is -0.200. The lowest BCUT2D eigenvalue weighted by atomic mass is 9.68. The lowest BCUT2D eigenvalue weighted by Gasteiger charge is -2.45. The second kappa shape index (κ2) is 11.3. The molecule has 2 aliphatic heterocycles. The minimum absolute atomic E-state index is 0.145. The summed E-state index contributed by atoms with van der Waals surface area (Å²) in [6, 6.07) is 11.5. The van der Waals surface area contributed by atoms with Crippen LogP contribution >= 0.6 is 11.6 Å². The fourth-order valence-corrected chi connectivity index (χ4v) is 7.66. The van der Waals surface area contributed by atoms with Crippen LogP contribution in [0.1, 0.15) is 55.2 Å². The van der Waals surface area contributed by atoms with Gasteiger partial charge in [0.05, 0.1) is 18.4 Å². The Morgan fingerprint density at radius 3 is 2.79 bits per heavy atom. The van der Waals surface area contributed by atoms with E-state index in [1.807, 2.05) is 36.2 Å². The van der Waals surface area contributed by atoms with Crippen molar-refractivity contribution in [1.82, 2.24) is 4.90 Å². The molecule has 2 bridgehead atoms. The van der Waals surface area contributed by atoms with Crippen molar-refractivity contribution in [2.75, 3.05) is 38.2 Å². The van der Waals surface area contributed by atoms with E-state index in [1.165, 1.54) is 11.1 Å². The lowest BCUT2D eigenvalue weighted by molar-refractivity contribution is -0.160. The molecule has 5 atom stereocenters. The maximum atomic E-state index is 12.6. The number of nitrogens with zero attached hydrogens (tertiary/aromatic N) is 2. The molecule has 2 aromatic carbocycles. The van der Waals surface area contributed by atoms with E-state index in [0.29, 0.717) is 49.7 Å². The molecule has 2 heterocycles. The van der Waals surface area contributed by atoms with E-state index in [4.69, 9.17) is 16.3 Å². The summed E-state index contributed by atoms with van der Waals surface area (Å²) in [7, 11) is 1.85. The third-order valence-electron chi connectivity index (χ3n) is 10.2. The molecule has 0 radical (unpaired) electrons.